The number of benzene rings is 1. The molecule has 0 bridgehead atoms. The highest BCUT2D eigenvalue weighted by molar-refractivity contribution is 5.93. The molecule has 1 amide bonds. The predicted octanol–water partition coefficient (Wildman–Crippen LogP) is 2.44. The van der Waals surface area contributed by atoms with Gasteiger partial charge in [-0.25, -0.2) is 13.9 Å². The van der Waals surface area contributed by atoms with E-state index >= 15 is 0 Å². The summed E-state index contributed by atoms with van der Waals surface area (Å²) in [6, 6.07) is 10.4. The molecule has 1 fully saturated rings. The van der Waals surface area contributed by atoms with Crippen molar-refractivity contribution in [2.75, 3.05) is 26.2 Å². The predicted molar refractivity (Wildman–Crippen MR) is 100 cm³/mol. The molecule has 0 atom stereocenters. The molecule has 0 spiro atoms. The third kappa shape index (κ3) is 3.68. The molecular formula is C20H22FN5O. The quantitative estimate of drug-likeness (QED) is 0.714. The van der Waals surface area contributed by atoms with Crippen LogP contribution in [-0.2, 0) is 6.54 Å². The van der Waals surface area contributed by atoms with Crippen molar-refractivity contribution in [1.29, 1.82) is 0 Å². The fourth-order valence-corrected chi connectivity index (χ4v) is 3.56. The molecule has 4 rings (SSSR count). The van der Waals surface area contributed by atoms with E-state index < -0.39 is 0 Å². The number of fused-ring (bicyclic) bond motifs is 1. The fraction of sp³-hybridized carbons (Fsp3) is 0.350. The lowest BCUT2D eigenvalue weighted by atomic mass is 10.2. The van der Waals surface area contributed by atoms with E-state index in [2.05, 4.69) is 15.0 Å². The zero-order chi connectivity index (χ0) is 19.0. The molecular weight excluding hydrogens is 345 g/mol. The first-order valence-corrected chi connectivity index (χ1v) is 9.10. The van der Waals surface area contributed by atoms with Crippen molar-refractivity contribution in [3.05, 3.63) is 64.9 Å². The maximum atomic E-state index is 13.3. The lowest BCUT2D eigenvalue weighted by Gasteiger charge is -2.34. The standard InChI is InChI=1S/C20H22FN5O/c1-14-10-15(2)26-19(22-14)12-18(23-26)20(27)25-8-6-24(7-9-25)13-16-4-3-5-17(21)11-16/h3-5,10-12H,6-9,13H2,1-2H3. The van der Waals surface area contributed by atoms with Crippen LogP contribution in [0.4, 0.5) is 4.39 Å². The van der Waals surface area contributed by atoms with Gasteiger partial charge in [0.15, 0.2) is 11.3 Å². The summed E-state index contributed by atoms with van der Waals surface area (Å²) >= 11 is 0. The average Bonchev–Trinajstić information content (AvgIpc) is 3.06. The highest BCUT2D eigenvalue weighted by atomic mass is 19.1. The molecule has 140 valence electrons. The Labute approximate surface area is 157 Å². The van der Waals surface area contributed by atoms with Crippen molar-refractivity contribution in [3.8, 4) is 0 Å². The summed E-state index contributed by atoms with van der Waals surface area (Å²) in [5, 5.41) is 4.43. The van der Waals surface area contributed by atoms with Crippen LogP contribution in [0.25, 0.3) is 5.65 Å². The van der Waals surface area contributed by atoms with Crippen LogP contribution in [0.3, 0.4) is 0 Å². The van der Waals surface area contributed by atoms with Crippen molar-refractivity contribution in [2.45, 2.75) is 20.4 Å². The van der Waals surface area contributed by atoms with E-state index in [4.69, 9.17) is 0 Å². The van der Waals surface area contributed by atoms with Gasteiger partial charge in [0.1, 0.15) is 5.82 Å². The van der Waals surface area contributed by atoms with Crippen molar-refractivity contribution < 1.29 is 9.18 Å². The largest absolute Gasteiger partial charge is 0.335 e. The van der Waals surface area contributed by atoms with Gasteiger partial charge in [0.2, 0.25) is 0 Å². The lowest BCUT2D eigenvalue weighted by Crippen LogP contribution is -2.48. The number of carbonyl (C=O) groups is 1. The smallest absolute Gasteiger partial charge is 0.274 e. The first kappa shape index (κ1) is 17.6. The summed E-state index contributed by atoms with van der Waals surface area (Å²) < 4.78 is 15.0. The van der Waals surface area contributed by atoms with Crippen LogP contribution >= 0.6 is 0 Å². The van der Waals surface area contributed by atoms with Crippen molar-refractivity contribution in [1.82, 2.24) is 24.4 Å². The maximum Gasteiger partial charge on any atom is 0.274 e. The summed E-state index contributed by atoms with van der Waals surface area (Å²) in [4.78, 5) is 21.3. The number of carbonyl (C=O) groups excluding carboxylic acids is 1. The van der Waals surface area contributed by atoms with Gasteiger partial charge in [-0.2, -0.15) is 5.10 Å². The van der Waals surface area contributed by atoms with Crippen molar-refractivity contribution in [2.24, 2.45) is 0 Å². The Hall–Kier alpha value is -2.80. The van der Waals surface area contributed by atoms with Crippen molar-refractivity contribution in [3.63, 3.8) is 0 Å². The normalized spacial score (nSPS) is 15.4. The van der Waals surface area contributed by atoms with E-state index in [-0.39, 0.29) is 11.7 Å². The van der Waals surface area contributed by atoms with Gasteiger partial charge in [0.05, 0.1) is 0 Å². The zero-order valence-electron chi connectivity index (χ0n) is 15.5. The molecule has 6 nitrogen and oxygen atoms in total. The molecule has 1 aliphatic rings. The van der Waals surface area contributed by atoms with E-state index in [1.165, 1.54) is 6.07 Å². The Morgan fingerprint density at radius 3 is 2.63 bits per heavy atom. The van der Waals surface area contributed by atoms with Gasteiger partial charge in [-0.15, -0.1) is 0 Å². The van der Waals surface area contributed by atoms with Gasteiger partial charge < -0.3 is 4.90 Å². The second-order valence-electron chi connectivity index (χ2n) is 7.04. The fourth-order valence-electron chi connectivity index (χ4n) is 3.56. The molecule has 3 heterocycles. The Morgan fingerprint density at radius 1 is 1.11 bits per heavy atom. The Morgan fingerprint density at radius 2 is 1.89 bits per heavy atom. The van der Waals surface area contributed by atoms with Crippen molar-refractivity contribution >= 4 is 11.6 Å². The highest BCUT2D eigenvalue weighted by Crippen LogP contribution is 2.14. The number of aryl methyl sites for hydroxylation is 2. The topological polar surface area (TPSA) is 53.7 Å². The van der Waals surface area contributed by atoms with Gasteiger partial charge in [0, 0.05) is 50.2 Å². The molecule has 1 aromatic carbocycles. The summed E-state index contributed by atoms with van der Waals surface area (Å²) in [5.74, 6) is -0.282. The summed E-state index contributed by atoms with van der Waals surface area (Å²) in [6.07, 6.45) is 0. The molecule has 0 N–H and O–H groups in total. The second-order valence-corrected chi connectivity index (χ2v) is 7.04. The molecule has 0 aliphatic carbocycles. The molecule has 1 aliphatic heterocycles. The van der Waals surface area contributed by atoms with E-state index in [0.717, 1.165) is 30.0 Å². The van der Waals surface area contributed by atoms with E-state index in [1.807, 2.05) is 30.9 Å². The van der Waals surface area contributed by atoms with Gasteiger partial charge in [-0.05, 0) is 37.6 Å². The third-order valence-corrected chi connectivity index (χ3v) is 4.91. The number of aromatic nitrogens is 3. The summed E-state index contributed by atoms with van der Waals surface area (Å²) in [7, 11) is 0. The van der Waals surface area contributed by atoms with Gasteiger partial charge >= 0.3 is 0 Å². The van der Waals surface area contributed by atoms with Crippen LogP contribution < -0.4 is 0 Å². The lowest BCUT2D eigenvalue weighted by molar-refractivity contribution is 0.0622. The molecule has 3 aromatic rings. The molecule has 0 radical (unpaired) electrons. The van der Waals surface area contributed by atoms with E-state index in [9.17, 15) is 9.18 Å². The molecule has 7 heteroatoms. The molecule has 1 saturated heterocycles. The number of hydrogen-bond acceptors (Lipinski definition) is 4. The number of nitrogens with zero attached hydrogens (tertiary/aromatic N) is 5. The van der Waals surface area contributed by atoms with Gasteiger partial charge in [0.25, 0.3) is 5.91 Å². The Bertz CT molecular complexity index is 991. The number of halogens is 1. The van der Waals surface area contributed by atoms with Crippen LogP contribution in [-0.4, -0.2) is 56.5 Å². The average molecular weight is 367 g/mol. The van der Waals surface area contributed by atoms with E-state index in [1.54, 1.807) is 22.7 Å². The number of piperazine rings is 1. The SMILES string of the molecule is Cc1cc(C)n2nc(C(=O)N3CCN(Cc4cccc(F)c4)CC3)cc2n1. The first-order chi connectivity index (χ1) is 13.0. The minimum absolute atomic E-state index is 0.0667. The Balaban J connectivity index is 1.42. The zero-order valence-corrected chi connectivity index (χ0v) is 15.5. The molecule has 0 saturated carbocycles. The highest BCUT2D eigenvalue weighted by Gasteiger charge is 2.24. The molecule has 27 heavy (non-hydrogen) atoms. The summed E-state index contributed by atoms with van der Waals surface area (Å²) in [5.41, 5.74) is 3.93. The molecule has 2 aromatic heterocycles. The minimum atomic E-state index is -0.215. The van der Waals surface area contributed by atoms with Gasteiger partial charge in [-0.3, -0.25) is 9.69 Å². The van der Waals surface area contributed by atoms with Crippen LogP contribution in [0.15, 0.2) is 36.4 Å². The second kappa shape index (κ2) is 7.08. The number of hydrogen-bond donors (Lipinski definition) is 0. The van der Waals surface area contributed by atoms with Gasteiger partial charge in [-0.1, -0.05) is 12.1 Å². The minimum Gasteiger partial charge on any atom is -0.335 e. The maximum absolute atomic E-state index is 13.3. The van der Waals surface area contributed by atoms with E-state index in [0.29, 0.717) is 31.0 Å². The number of amides is 1. The third-order valence-electron chi connectivity index (χ3n) is 4.91. The molecule has 0 unspecified atom stereocenters. The summed E-state index contributed by atoms with van der Waals surface area (Å²) in [6.45, 7) is 7.35. The first-order valence-electron chi connectivity index (χ1n) is 9.10. The monoisotopic (exact) mass is 367 g/mol. The number of rotatable bonds is 3. The van der Waals surface area contributed by atoms with Crippen LogP contribution in [0, 0.1) is 19.7 Å². The van der Waals surface area contributed by atoms with Crippen LogP contribution in [0.5, 0.6) is 0 Å². The van der Waals surface area contributed by atoms with Crippen LogP contribution in [0.2, 0.25) is 0 Å². The van der Waals surface area contributed by atoms with Crippen LogP contribution in [0.1, 0.15) is 27.4 Å². The Kier molecular flexibility index (Phi) is 4.61.